The van der Waals surface area contributed by atoms with Crippen LogP contribution in [0.25, 0.3) is 0 Å². The summed E-state index contributed by atoms with van der Waals surface area (Å²) in [4.78, 5) is 6.87. The lowest BCUT2D eigenvalue weighted by Crippen LogP contribution is -2.41. The second-order valence-electron chi connectivity index (χ2n) is 6.70. The number of rotatable bonds is 5. The average molecular weight is 275 g/mol. The summed E-state index contributed by atoms with van der Waals surface area (Å²) in [6.07, 6.45) is 6.53. The predicted molar refractivity (Wildman–Crippen MR) is 86.0 cm³/mol. The lowest BCUT2D eigenvalue weighted by molar-refractivity contribution is 0.377. The van der Waals surface area contributed by atoms with Gasteiger partial charge >= 0.3 is 0 Å². The van der Waals surface area contributed by atoms with Gasteiger partial charge in [0.15, 0.2) is 0 Å². The molecule has 0 aromatic carbocycles. The highest BCUT2D eigenvalue weighted by Crippen LogP contribution is 2.29. The first-order valence-electron chi connectivity index (χ1n) is 7.98. The first kappa shape index (κ1) is 15.3. The van der Waals surface area contributed by atoms with E-state index < -0.39 is 0 Å². The minimum atomic E-state index is 0.630. The predicted octanol–water partition coefficient (Wildman–Crippen LogP) is 3.45. The van der Waals surface area contributed by atoms with Gasteiger partial charge in [0.2, 0.25) is 0 Å². The normalized spacial score (nSPS) is 23.4. The Hall–Kier alpha value is -1.09. The fraction of sp³-hybridized carbons (Fsp3) is 0.706. The van der Waals surface area contributed by atoms with E-state index in [9.17, 15) is 0 Å². The van der Waals surface area contributed by atoms with Crippen LogP contribution in [0.15, 0.2) is 18.5 Å². The van der Waals surface area contributed by atoms with E-state index >= 15 is 0 Å². The van der Waals surface area contributed by atoms with Crippen molar-refractivity contribution in [2.75, 3.05) is 18.0 Å². The van der Waals surface area contributed by atoms with Gasteiger partial charge in [-0.2, -0.15) is 0 Å². The van der Waals surface area contributed by atoms with Crippen LogP contribution in [0.2, 0.25) is 0 Å². The Balaban J connectivity index is 2.07. The Bertz CT molecular complexity index is 416. The third-order valence-electron chi connectivity index (χ3n) is 4.19. The fourth-order valence-corrected chi connectivity index (χ4v) is 3.10. The topological polar surface area (TPSA) is 28.2 Å². The minimum Gasteiger partial charge on any atom is -0.368 e. The lowest BCUT2D eigenvalue weighted by atomic mass is 9.92. The smallest absolute Gasteiger partial charge is 0.0445 e. The Labute approximate surface area is 123 Å². The highest BCUT2D eigenvalue weighted by Gasteiger charge is 2.24. The van der Waals surface area contributed by atoms with Crippen LogP contribution in [-0.4, -0.2) is 24.1 Å². The first-order valence-corrected chi connectivity index (χ1v) is 7.98. The molecule has 3 heteroatoms. The standard InChI is InChI=1S/C17H29N3/c1-13(2)10-19-12-16-11-18-7-5-17(16)20-8-6-14(3)9-15(20)4/h5,7,11,13-15,19H,6,8-10,12H2,1-4H3. The minimum absolute atomic E-state index is 0.630. The van der Waals surface area contributed by atoms with Gasteiger partial charge in [-0.05, 0) is 44.2 Å². The number of anilines is 1. The number of aromatic nitrogens is 1. The molecular formula is C17H29N3. The summed E-state index contributed by atoms with van der Waals surface area (Å²) in [5, 5.41) is 3.54. The fourth-order valence-electron chi connectivity index (χ4n) is 3.10. The Morgan fingerprint density at radius 3 is 2.90 bits per heavy atom. The third kappa shape index (κ3) is 3.95. The van der Waals surface area contributed by atoms with Crippen LogP contribution in [0.3, 0.4) is 0 Å². The zero-order chi connectivity index (χ0) is 14.5. The summed E-state index contributed by atoms with van der Waals surface area (Å²) < 4.78 is 0. The number of piperidine rings is 1. The Morgan fingerprint density at radius 1 is 1.40 bits per heavy atom. The number of hydrogen-bond donors (Lipinski definition) is 1. The average Bonchev–Trinajstić information content (AvgIpc) is 2.39. The van der Waals surface area contributed by atoms with Crippen molar-refractivity contribution in [2.24, 2.45) is 11.8 Å². The molecule has 0 spiro atoms. The van der Waals surface area contributed by atoms with Gasteiger partial charge in [0, 0.05) is 42.8 Å². The van der Waals surface area contributed by atoms with Crippen LogP contribution in [0.1, 0.15) is 46.1 Å². The highest BCUT2D eigenvalue weighted by atomic mass is 15.2. The Kier molecular flexibility index (Phi) is 5.41. The van der Waals surface area contributed by atoms with Gasteiger partial charge < -0.3 is 10.2 Å². The lowest BCUT2D eigenvalue weighted by Gasteiger charge is -2.39. The molecule has 20 heavy (non-hydrogen) atoms. The van der Waals surface area contributed by atoms with Crippen molar-refractivity contribution >= 4 is 5.69 Å². The van der Waals surface area contributed by atoms with Crippen LogP contribution < -0.4 is 10.2 Å². The molecule has 1 aromatic heterocycles. The van der Waals surface area contributed by atoms with Gasteiger partial charge in [0.25, 0.3) is 0 Å². The van der Waals surface area contributed by atoms with Gasteiger partial charge in [-0.1, -0.05) is 20.8 Å². The number of nitrogens with zero attached hydrogens (tertiary/aromatic N) is 2. The van der Waals surface area contributed by atoms with E-state index in [1.165, 1.54) is 30.6 Å². The van der Waals surface area contributed by atoms with Crippen LogP contribution in [0.5, 0.6) is 0 Å². The quantitative estimate of drug-likeness (QED) is 0.892. The van der Waals surface area contributed by atoms with Gasteiger partial charge in [0.05, 0.1) is 0 Å². The summed E-state index contributed by atoms with van der Waals surface area (Å²) in [6, 6.07) is 2.81. The first-order chi connectivity index (χ1) is 9.58. The number of pyridine rings is 1. The summed E-state index contributed by atoms with van der Waals surface area (Å²) in [5.41, 5.74) is 2.70. The number of nitrogens with one attached hydrogen (secondary N) is 1. The molecule has 1 aliphatic heterocycles. The molecule has 1 aromatic rings. The molecule has 112 valence electrons. The van der Waals surface area contributed by atoms with E-state index in [0.29, 0.717) is 12.0 Å². The van der Waals surface area contributed by atoms with Crippen molar-refractivity contribution < 1.29 is 0 Å². The van der Waals surface area contributed by atoms with E-state index in [1.54, 1.807) is 0 Å². The molecule has 0 aliphatic carbocycles. The van der Waals surface area contributed by atoms with Gasteiger partial charge in [-0.3, -0.25) is 4.98 Å². The van der Waals surface area contributed by atoms with E-state index in [-0.39, 0.29) is 0 Å². The van der Waals surface area contributed by atoms with Crippen molar-refractivity contribution in [1.82, 2.24) is 10.3 Å². The second-order valence-corrected chi connectivity index (χ2v) is 6.70. The molecule has 0 bridgehead atoms. The molecule has 2 rings (SSSR count). The van der Waals surface area contributed by atoms with Gasteiger partial charge in [-0.15, -0.1) is 0 Å². The molecule has 3 nitrogen and oxygen atoms in total. The SMILES string of the molecule is CC(C)CNCc1cnccc1N1CCC(C)CC1C. The molecule has 0 radical (unpaired) electrons. The van der Waals surface area contributed by atoms with E-state index in [4.69, 9.17) is 0 Å². The molecule has 1 N–H and O–H groups in total. The maximum atomic E-state index is 4.31. The summed E-state index contributed by atoms with van der Waals surface area (Å²) in [6.45, 7) is 12.3. The maximum absolute atomic E-state index is 4.31. The highest BCUT2D eigenvalue weighted by molar-refractivity contribution is 5.53. The van der Waals surface area contributed by atoms with Crippen molar-refractivity contribution in [1.29, 1.82) is 0 Å². The molecular weight excluding hydrogens is 246 g/mol. The zero-order valence-electron chi connectivity index (χ0n) is 13.4. The molecule has 0 amide bonds. The van der Waals surface area contributed by atoms with Gasteiger partial charge in [-0.25, -0.2) is 0 Å². The van der Waals surface area contributed by atoms with Gasteiger partial charge in [0.1, 0.15) is 0 Å². The maximum Gasteiger partial charge on any atom is 0.0445 e. The summed E-state index contributed by atoms with van der Waals surface area (Å²) in [7, 11) is 0. The van der Waals surface area contributed by atoms with E-state index in [1.807, 2.05) is 12.4 Å². The Morgan fingerprint density at radius 2 is 2.20 bits per heavy atom. The molecule has 1 aliphatic rings. The van der Waals surface area contributed by atoms with Crippen molar-refractivity contribution in [3.8, 4) is 0 Å². The van der Waals surface area contributed by atoms with Crippen LogP contribution in [0, 0.1) is 11.8 Å². The number of hydrogen-bond acceptors (Lipinski definition) is 3. The largest absolute Gasteiger partial charge is 0.368 e. The van der Waals surface area contributed by atoms with Crippen molar-refractivity contribution in [3.63, 3.8) is 0 Å². The second kappa shape index (κ2) is 7.07. The molecule has 1 fully saturated rings. The molecule has 1 saturated heterocycles. The molecule has 2 atom stereocenters. The summed E-state index contributed by atoms with van der Waals surface area (Å²) >= 11 is 0. The van der Waals surface area contributed by atoms with Crippen LogP contribution >= 0.6 is 0 Å². The third-order valence-corrected chi connectivity index (χ3v) is 4.19. The summed E-state index contributed by atoms with van der Waals surface area (Å²) in [5.74, 6) is 1.54. The zero-order valence-corrected chi connectivity index (χ0v) is 13.4. The molecule has 2 heterocycles. The van der Waals surface area contributed by atoms with E-state index in [0.717, 1.165) is 19.0 Å². The van der Waals surface area contributed by atoms with E-state index in [2.05, 4.69) is 49.0 Å². The molecule has 2 unspecified atom stereocenters. The molecule has 0 saturated carbocycles. The van der Waals surface area contributed by atoms with Crippen molar-refractivity contribution in [3.05, 3.63) is 24.0 Å². The van der Waals surface area contributed by atoms with Crippen molar-refractivity contribution in [2.45, 2.75) is 53.1 Å². The van der Waals surface area contributed by atoms with Crippen LogP contribution in [0.4, 0.5) is 5.69 Å². The van der Waals surface area contributed by atoms with Crippen LogP contribution in [-0.2, 0) is 6.54 Å². The monoisotopic (exact) mass is 275 g/mol.